The monoisotopic (exact) mass is 880 g/mol. The fourth-order valence-corrected chi connectivity index (χ4v) is 11.8. The standard InChI is InChI=1S/C64H52N2S/c1-64(2)60-26-16-14-24-55(60)56-39-33-49(42-61(56)64)66(62-27-17-15-22-51(62)43-18-8-6-9-19-43)48-32-38-54-58-36-28-44-40-47(31-37-52(44)63(58)57-25-13-12-23-53(57)59(54)41-48)65(45-20-10-7-11-21-45)46-29-34-50(35-30-46)67(3,4)5/h6-42H,1-5H3. The highest BCUT2D eigenvalue weighted by Gasteiger charge is 2.36. The van der Waals surface area contributed by atoms with Crippen molar-refractivity contribution in [3.05, 3.63) is 236 Å². The van der Waals surface area contributed by atoms with E-state index >= 15 is 0 Å². The minimum absolute atomic E-state index is 0.132. The van der Waals surface area contributed by atoms with Gasteiger partial charge in [-0.2, -0.15) is 0 Å². The molecule has 0 saturated heterocycles. The van der Waals surface area contributed by atoms with E-state index in [1.165, 1.54) is 81.4 Å². The Hall–Kier alpha value is -7.59. The maximum atomic E-state index is 2.48. The van der Waals surface area contributed by atoms with Crippen molar-refractivity contribution in [2.75, 3.05) is 28.6 Å². The van der Waals surface area contributed by atoms with Crippen LogP contribution in [0.25, 0.3) is 65.3 Å². The minimum atomic E-state index is -0.838. The Morgan fingerprint density at radius 1 is 0.343 bits per heavy atom. The third-order valence-electron chi connectivity index (χ3n) is 14.2. The first-order valence-corrected chi connectivity index (χ1v) is 26.1. The van der Waals surface area contributed by atoms with Gasteiger partial charge in [0.25, 0.3) is 0 Å². The minimum Gasteiger partial charge on any atom is -0.310 e. The topological polar surface area (TPSA) is 6.48 Å². The fourth-order valence-electron chi connectivity index (χ4n) is 10.9. The molecule has 0 aromatic heterocycles. The van der Waals surface area contributed by atoms with Crippen molar-refractivity contribution in [2.24, 2.45) is 0 Å². The molecule has 2 nitrogen and oxygen atoms in total. The van der Waals surface area contributed by atoms with Gasteiger partial charge < -0.3 is 9.80 Å². The molecule has 11 aromatic rings. The number of hydrogen-bond donors (Lipinski definition) is 0. The fraction of sp³-hybridized carbons (Fsp3) is 0.0938. The van der Waals surface area contributed by atoms with Gasteiger partial charge in [-0.1, -0.05) is 159 Å². The molecule has 67 heavy (non-hydrogen) atoms. The summed E-state index contributed by atoms with van der Waals surface area (Å²) < 4.78 is 0. The number of para-hydroxylation sites is 2. The number of hydrogen-bond acceptors (Lipinski definition) is 2. The van der Waals surface area contributed by atoms with Crippen LogP contribution >= 0.6 is 10.0 Å². The van der Waals surface area contributed by atoms with Crippen molar-refractivity contribution < 1.29 is 0 Å². The highest BCUT2D eigenvalue weighted by atomic mass is 32.3. The zero-order valence-electron chi connectivity index (χ0n) is 38.7. The lowest BCUT2D eigenvalue weighted by atomic mass is 9.82. The Kier molecular flexibility index (Phi) is 9.64. The van der Waals surface area contributed by atoms with E-state index in [1.807, 2.05) is 0 Å². The molecular formula is C64H52N2S. The molecule has 0 bridgehead atoms. The molecule has 0 radical (unpaired) electrons. The number of fused-ring (bicyclic) bond motifs is 11. The smallest absolute Gasteiger partial charge is 0.0540 e. The molecule has 0 amide bonds. The van der Waals surface area contributed by atoms with Crippen molar-refractivity contribution in [1.29, 1.82) is 0 Å². The summed E-state index contributed by atoms with van der Waals surface area (Å²) in [6.45, 7) is 4.74. The van der Waals surface area contributed by atoms with Crippen LogP contribution in [0.5, 0.6) is 0 Å². The summed E-state index contributed by atoms with van der Waals surface area (Å²) >= 11 is 0. The zero-order chi connectivity index (χ0) is 45.4. The van der Waals surface area contributed by atoms with Gasteiger partial charge in [0.2, 0.25) is 0 Å². The van der Waals surface area contributed by atoms with Crippen LogP contribution in [0.15, 0.2) is 229 Å². The van der Waals surface area contributed by atoms with Crippen LogP contribution in [0.3, 0.4) is 0 Å². The van der Waals surface area contributed by atoms with E-state index in [2.05, 4.69) is 267 Å². The summed E-state index contributed by atoms with van der Waals surface area (Å²) in [7, 11) is -0.838. The summed E-state index contributed by atoms with van der Waals surface area (Å²) in [6, 6.07) is 83.5. The first-order valence-electron chi connectivity index (χ1n) is 23.3. The molecule has 0 unspecified atom stereocenters. The third kappa shape index (κ3) is 6.79. The molecule has 0 atom stereocenters. The number of benzene rings is 11. The second-order valence-corrected chi connectivity index (χ2v) is 23.4. The van der Waals surface area contributed by atoms with Gasteiger partial charge in [-0.3, -0.25) is 0 Å². The summed E-state index contributed by atoms with van der Waals surface area (Å²) in [5.74, 6) is 0. The molecule has 0 N–H and O–H groups in total. The Morgan fingerprint density at radius 3 is 1.63 bits per heavy atom. The largest absolute Gasteiger partial charge is 0.310 e. The summed E-state index contributed by atoms with van der Waals surface area (Å²) in [5, 5.41) is 10.0. The predicted molar refractivity (Wildman–Crippen MR) is 292 cm³/mol. The zero-order valence-corrected chi connectivity index (χ0v) is 39.5. The Labute approximate surface area is 395 Å². The van der Waals surface area contributed by atoms with Gasteiger partial charge in [-0.05, 0) is 173 Å². The molecule has 1 aliphatic rings. The first kappa shape index (κ1) is 40.9. The Bertz CT molecular complexity index is 3680. The second-order valence-electron chi connectivity index (χ2n) is 19.3. The maximum Gasteiger partial charge on any atom is 0.0540 e. The van der Waals surface area contributed by atoms with Gasteiger partial charge in [0.1, 0.15) is 0 Å². The lowest BCUT2D eigenvalue weighted by Crippen LogP contribution is -2.16. The Balaban J connectivity index is 1.04. The molecule has 0 aliphatic heterocycles. The molecule has 324 valence electrons. The lowest BCUT2D eigenvalue weighted by molar-refractivity contribution is 0.660. The number of rotatable bonds is 8. The molecule has 3 heteroatoms. The second kappa shape index (κ2) is 15.8. The van der Waals surface area contributed by atoms with E-state index in [-0.39, 0.29) is 5.41 Å². The van der Waals surface area contributed by atoms with Crippen LogP contribution in [0.1, 0.15) is 25.0 Å². The van der Waals surface area contributed by atoms with E-state index in [0.29, 0.717) is 0 Å². The average Bonchev–Trinajstić information content (AvgIpc) is 3.59. The van der Waals surface area contributed by atoms with Gasteiger partial charge in [0, 0.05) is 39.4 Å². The molecule has 1 aliphatic carbocycles. The van der Waals surface area contributed by atoms with Gasteiger partial charge >= 0.3 is 0 Å². The average molecular weight is 881 g/mol. The van der Waals surface area contributed by atoms with Crippen molar-refractivity contribution in [3.63, 3.8) is 0 Å². The summed E-state index contributed by atoms with van der Waals surface area (Å²) in [5.41, 5.74) is 14.5. The maximum absolute atomic E-state index is 2.48. The van der Waals surface area contributed by atoms with E-state index in [1.54, 1.807) is 0 Å². The summed E-state index contributed by atoms with van der Waals surface area (Å²) in [6.07, 6.45) is 7.06. The van der Waals surface area contributed by atoms with E-state index in [0.717, 1.165) is 34.1 Å². The number of anilines is 6. The van der Waals surface area contributed by atoms with E-state index in [4.69, 9.17) is 0 Å². The molecule has 0 fully saturated rings. The van der Waals surface area contributed by atoms with Gasteiger partial charge in [-0.25, -0.2) is 10.0 Å². The van der Waals surface area contributed by atoms with Crippen molar-refractivity contribution in [2.45, 2.75) is 24.2 Å². The lowest BCUT2D eigenvalue weighted by Gasteiger charge is -2.30. The number of nitrogens with zero attached hydrogens (tertiary/aromatic N) is 2. The predicted octanol–water partition coefficient (Wildman–Crippen LogP) is 18.3. The van der Waals surface area contributed by atoms with E-state index < -0.39 is 10.0 Å². The summed E-state index contributed by atoms with van der Waals surface area (Å²) in [4.78, 5) is 6.27. The van der Waals surface area contributed by atoms with E-state index in [9.17, 15) is 0 Å². The molecular weight excluding hydrogens is 829 g/mol. The third-order valence-corrected chi connectivity index (χ3v) is 15.9. The van der Waals surface area contributed by atoms with Crippen LogP contribution in [0.2, 0.25) is 0 Å². The molecule has 0 saturated carbocycles. The van der Waals surface area contributed by atoms with Crippen LogP contribution in [0.4, 0.5) is 34.1 Å². The first-order chi connectivity index (χ1) is 32.6. The van der Waals surface area contributed by atoms with Gasteiger partial charge in [-0.15, -0.1) is 0 Å². The SMILES string of the molecule is CC1(C)c2ccccc2-c2ccc(N(c3ccc4c(c3)c3ccccc3c3c5ccc(N(c6ccccc6)c6ccc(S(C)(C)C)cc6)cc5ccc43)c3ccccc3-c3ccccc3)cc21. The molecule has 0 heterocycles. The van der Waals surface area contributed by atoms with Crippen LogP contribution in [-0.4, -0.2) is 18.8 Å². The quantitative estimate of drug-likeness (QED) is 0.140. The van der Waals surface area contributed by atoms with Crippen LogP contribution in [-0.2, 0) is 5.41 Å². The van der Waals surface area contributed by atoms with Crippen LogP contribution < -0.4 is 9.80 Å². The van der Waals surface area contributed by atoms with Gasteiger partial charge in [0.15, 0.2) is 0 Å². The van der Waals surface area contributed by atoms with Crippen molar-refractivity contribution in [3.8, 4) is 22.3 Å². The normalized spacial score (nSPS) is 13.2. The highest BCUT2D eigenvalue weighted by molar-refractivity contribution is 8.32. The molecule has 12 rings (SSSR count). The van der Waals surface area contributed by atoms with Crippen molar-refractivity contribution in [1.82, 2.24) is 0 Å². The molecule has 11 aromatic carbocycles. The van der Waals surface area contributed by atoms with Crippen LogP contribution in [0, 0.1) is 0 Å². The van der Waals surface area contributed by atoms with Gasteiger partial charge in [0.05, 0.1) is 5.69 Å². The Morgan fingerprint density at radius 2 is 0.866 bits per heavy atom. The van der Waals surface area contributed by atoms with Crippen molar-refractivity contribution >= 4 is 87.2 Å². The highest BCUT2D eigenvalue weighted by Crippen LogP contribution is 2.52. The molecule has 0 spiro atoms.